The molecule has 1 aliphatic carbocycles. The molecule has 2 N–H and O–H groups in total. The Bertz CT molecular complexity index is 411. The summed E-state index contributed by atoms with van der Waals surface area (Å²) in [6.07, 6.45) is 4.49. The number of amidine groups is 1. The molecule has 0 aliphatic heterocycles. The highest BCUT2D eigenvalue weighted by molar-refractivity contribution is 6.30. The summed E-state index contributed by atoms with van der Waals surface area (Å²) in [5, 5.41) is 0.371. The van der Waals surface area contributed by atoms with E-state index in [-0.39, 0.29) is 5.69 Å². The van der Waals surface area contributed by atoms with Crippen molar-refractivity contribution in [1.29, 1.82) is 0 Å². The summed E-state index contributed by atoms with van der Waals surface area (Å²) in [5.41, 5.74) is 6.14. The normalized spacial score (nSPS) is 18.0. The van der Waals surface area contributed by atoms with Gasteiger partial charge in [0.15, 0.2) is 0 Å². The van der Waals surface area contributed by atoms with Gasteiger partial charge in [-0.15, -0.1) is 0 Å². The fraction of sp³-hybridized carbons (Fsp3) is 0.417. The second-order valence-corrected chi connectivity index (χ2v) is 4.55. The van der Waals surface area contributed by atoms with Crippen molar-refractivity contribution in [3.63, 3.8) is 0 Å². The number of hydrogen-bond acceptors (Lipinski definition) is 1. The van der Waals surface area contributed by atoms with Crippen LogP contribution < -0.4 is 5.73 Å². The van der Waals surface area contributed by atoms with Crippen LogP contribution in [0.3, 0.4) is 0 Å². The van der Waals surface area contributed by atoms with E-state index in [1.54, 1.807) is 12.1 Å². The Hall–Kier alpha value is -1.09. The van der Waals surface area contributed by atoms with Crippen LogP contribution in [0.2, 0.25) is 5.02 Å². The third kappa shape index (κ3) is 2.53. The number of nitrogens with zero attached hydrogens (tertiary/aromatic N) is 1. The maximum absolute atomic E-state index is 13.5. The Kier molecular flexibility index (Phi) is 3.44. The largest absolute Gasteiger partial charge is 0.387 e. The first-order valence-corrected chi connectivity index (χ1v) is 5.84. The lowest BCUT2D eigenvalue weighted by atomic mass is 10.1. The first-order chi connectivity index (χ1) is 7.66. The summed E-state index contributed by atoms with van der Waals surface area (Å²) in [4.78, 5) is 4.14. The minimum absolute atomic E-state index is 0.272. The zero-order valence-electron chi connectivity index (χ0n) is 8.92. The number of hydrogen-bond donors (Lipinski definition) is 1. The highest BCUT2D eigenvalue weighted by Gasteiger charge is 2.18. The molecule has 1 fully saturated rings. The van der Waals surface area contributed by atoms with Crippen LogP contribution in [0, 0.1) is 11.7 Å². The Morgan fingerprint density at radius 3 is 2.69 bits per heavy atom. The molecular formula is C12H14ClFN2. The van der Waals surface area contributed by atoms with Crippen molar-refractivity contribution in [2.45, 2.75) is 25.7 Å². The van der Waals surface area contributed by atoms with Gasteiger partial charge in [-0.1, -0.05) is 24.4 Å². The van der Waals surface area contributed by atoms with Crippen LogP contribution >= 0.6 is 11.6 Å². The molecule has 0 saturated heterocycles. The smallest absolute Gasteiger partial charge is 0.150 e. The van der Waals surface area contributed by atoms with E-state index in [9.17, 15) is 4.39 Å². The molecule has 0 spiro atoms. The van der Waals surface area contributed by atoms with Crippen LogP contribution in [0.4, 0.5) is 10.1 Å². The molecule has 1 aliphatic rings. The van der Waals surface area contributed by atoms with Crippen molar-refractivity contribution in [2.75, 3.05) is 0 Å². The van der Waals surface area contributed by atoms with Crippen molar-refractivity contribution in [3.8, 4) is 0 Å². The van der Waals surface area contributed by atoms with E-state index in [1.807, 2.05) is 0 Å². The second-order valence-electron chi connectivity index (χ2n) is 4.11. The molecule has 0 aromatic heterocycles. The summed E-state index contributed by atoms with van der Waals surface area (Å²) in [7, 11) is 0. The molecule has 0 amide bonds. The number of halogens is 2. The molecule has 4 heteroatoms. The zero-order valence-corrected chi connectivity index (χ0v) is 9.67. The third-order valence-electron chi connectivity index (χ3n) is 2.93. The summed E-state index contributed by atoms with van der Waals surface area (Å²) >= 11 is 5.66. The molecule has 1 aromatic rings. The van der Waals surface area contributed by atoms with Crippen LogP contribution in [-0.4, -0.2) is 5.84 Å². The lowest BCUT2D eigenvalue weighted by molar-refractivity contribution is 0.629. The number of aliphatic imine (C=N–C) groups is 1. The van der Waals surface area contributed by atoms with E-state index < -0.39 is 5.82 Å². The minimum Gasteiger partial charge on any atom is -0.387 e. The quantitative estimate of drug-likeness (QED) is 0.622. The van der Waals surface area contributed by atoms with Crippen LogP contribution in [0.5, 0.6) is 0 Å². The molecule has 2 rings (SSSR count). The highest BCUT2D eigenvalue weighted by atomic mass is 35.5. The Labute approximate surface area is 99.3 Å². The van der Waals surface area contributed by atoms with E-state index in [0.29, 0.717) is 16.8 Å². The van der Waals surface area contributed by atoms with Gasteiger partial charge >= 0.3 is 0 Å². The molecular weight excluding hydrogens is 227 g/mol. The fourth-order valence-corrected chi connectivity index (χ4v) is 2.18. The monoisotopic (exact) mass is 240 g/mol. The molecule has 16 heavy (non-hydrogen) atoms. The van der Waals surface area contributed by atoms with Gasteiger partial charge in [0.05, 0.1) is 0 Å². The highest BCUT2D eigenvalue weighted by Crippen LogP contribution is 2.27. The number of rotatable bonds is 2. The molecule has 0 atom stereocenters. The minimum atomic E-state index is -0.423. The van der Waals surface area contributed by atoms with Crippen molar-refractivity contribution < 1.29 is 4.39 Å². The molecule has 0 heterocycles. The SMILES string of the molecule is NC(=Nc1ccc(Cl)cc1F)C1CCCC1. The van der Waals surface area contributed by atoms with Crippen LogP contribution in [0.15, 0.2) is 23.2 Å². The van der Waals surface area contributed by atoms with Gasteiger partial charge in [0, 0.05) is 10.9 Å². The Balaban J connectivity index is 2.20. The van der Waals surface area contributed by atoms with E-state index in [2.05, 4.69) is 4.99 Å². The van der Waals surface area contributed by atoms with Gasteiger partial charge in [0.25, 0.3) is 0 Å². The summed E-state index contributed by atoms with van der Waals surface area (Å²) in [6, 6.07) is 4.42. The van der Waals surface area contributed by atoms with Gasteiger partial charge in [-0.2, -0.15) is 0 Å². The average molecular weight is 241 g/mol. The van der Waals surface area contributed by atoms with E-state index in [1.165, 1.54) is 18.9 Å². The van der Waals surface area contributed by atoms with Crippen LogP contribution in [-0.2, 0) is 0 Å². The standard InChI is InChI=1S/C12H14ClFN2/c13-9-5-6-11(10(14)7-9)16-12(15)8-3-1-2-4-8/h5-8H,1-4H2,(H2,15,16). The average Bonchev–Trinajstić information content (AvgIpc) is 2.75. The van der Waals surface area contributed by atoms with Crippen LogP contribution in [0.25, 0.3) is 0 Å². The van der Waals surface area contributed by atoms with Crippen molar-refractivity contribution >= 4 is 23.1 Å². The summed E-state index contributed by atoms with van der Waals surface area (Å²) < 4.78 is 13.5. The Morgan fingerprint density at radius 1 is 1.38 bits per heavy atom. The topological polar surface area (TPSA) is 38.4 Å². The van der Waals surface area contributed by atoms with E-state index >= 15 is 0 Å². The van der Waals surface area contributed by atoms with Gasteiger partial charge in [-0.25, -0.2) is 9.38 Å². The van der Waals surface area contributed by atoms with Crippen molar-refractivity contribution in [1.82, 2.24) is 0 Å². The molecule has 86 valence electrons. The van der Waals surface area contributed by atoms with E-state index in [0.717, 1.165) is 12.8 Å². The van der Waals surface area contributed by atoms with Gasteiger partial charge in [-0.05, 0) is 31.0 Å². The van der Waals surface area contributed by atoms with Crippen molar-refractivity contribution in [2.24, 2.45) is 16.6 Å². The Morgan fingerprint density at radius 2 is 2.06 bits per heavy atom. The molecule has 0 radical (unpaired) electrons. The van der Waals surface area contributed by atoms with Gasteiger partial charge < -0.3 is 5.73 Å². The van der Waals surface area contributed by atoms with Gasteiger partial charge in [-0.3, -0.25) is 0 Å². The molecule has 0 bridgehead atoms. The first kappa shape index (κ1) is 11.4. The molecule has 2 nitrogen and oxygen atoms in total. The lowest BCUT2D eigenvalue weighted by Crippen LogP contribution is -2.20. The third-order valence-corrected chi connectivity index (χ3v) is 3.17. The zero-order chi connectivity index (χ0) is 11.5. The predicted molar refractivity (Wildman–Crippen MR) is 64.7 cm³/mol. The number of nitrogens with two attached hydrogens (primary N) is 1. The maximum atomic E-state index is 13.5. The van der Waals surface area contributed by atoms with E-state index in [4.69, 9.17) is 17.3 Å². The van der Waals surface area contributed by atoms with Crippen molar-refractivity contribution in [3.05, 3.63) is 29.0 Å². The number of benzene rings is 1. The first-order valence-electron chi connectivity index (χ1n) is 5.46. The fourth-order valence-electron chi connectivity index (χ4n) is 2.02. The molecule has 0 unspecified atom stereocenters. The molecule has 1 saturated carbocycles. The molecule has 1 aromatic carbocycles. The van der Waals surface area contributed by atoms with Gasteiger partial charge in [0.1, 0.15) is 17.3 Å². The summed E-state index contributed by atoms with van der Waals surface area (Å²) in [5.74, 6) is 0.433. The van der Waals surface area contributed by atoms with Gasteiger partial charge in [0.2, 0.25) is 0 Å². The maximum Gasteiger partial charge on any atom is 0.150 e. The lowest BCUT2D eigenvalue weighted by Gasteiger charge is -2.08. The second kappa shape index (κ2) is 4.83. The van der Waals surface area contributed by atoms with Crippen LogP contribution in [0.1, 0.15) is 25.7 Å². The predicted octanol–water partition coefficient (Wildman–Crippen LogP) is 3.66. The summed E-state index contributed by atoms with van der Waals surface area (Å²) in [6.45, 7) is 0.